The summed E-state index contributed by atoms with van der Waals surface area (Å²) in [6, 6.07) is 24.2. The van der Waals surface area contributed by atoms with E-state index in [1.807, 2.05) is 48.5 Å². The molecule has 0 atom stereocenters. The predicted molar refractivity (Wildman–Crippen MR) is 149 cm³/mol. The standard InChI is InChI=1S/C27H24I2N2O2/c1-19-7-5-10-21(13-19)18-33-26-24(28)15-22(16-25(26)29)14-23(17-30)27(32)31-12-6-11-20-8-3-2-4-9-20/h2-5,7-10,13-16H,6,11-12,18H2,1H3,(H,31,32)/b23-14-. The van der Waals surface area contributed by atoms with Gasteiger partial charge in [0.25, 0.3) is 5.91 Å². The summed E-state index contributed by atoms with van der Waals surface area (Å²) in [5.74, 6) is 0.453. The van der Waals surface area contributed by atoms with Gasteiger partial charge in [0.2, 0.25) is 0 Å². The lowest BCUT2D eigenvalue weighted by atomic mass is 10.1. The minimum atomic E-state index is -0.352. The lowest BCUT2D eigenvalue weighted by molar-refractivity contribution is -0.117. The van der Waals surface area contributed by atoms with Crippen molar-refractivity contribution in [3.8, 4) is 11.8 Å². The van der Waals surface area contributed by atoms with E-state index < -0.39 is 0 Å². The number of rotatable bonds is 9. The topological polar surface area (TPSA) is 62.1 Å². The van der Waals surface area contributed by atoms with E-state index in [2.05, 4.69) is 81.7 Å². The first kappa shape index (κ1) is 25.2. The molecule has 3 aromatic carbocycles. The van der Waals surface area contributed by atoms with Crippen molar-refractivity contribution in [2.45, 2.75) is 26.4 Å². The molecular formula is C27H24I2N2O2. The smallest absolute Gasteiger partial charge is 0.261 e. The van der Waals surface area contributed by atoms with Crippen molar-refractivity contribution >= 4 is 57.2 Å². The fourth-order valence-corrected chi connectivity index (χ4v) is 5.44. The average Bonchev–Trinajstić information content (AvgIpc) is 2.80. The lowest BCUT2D eigenvalue weighted by Gasteiger charge is -2.12. The molecular weight excluding hydrogens is 638 g/mol. The predicted octanol–water partition coefficient (Wildman–Crippen LogP) is 6.44. The van der Waals surface area contributed by atoms with Crippen LogP contribution in [0.15, 0.2) is 72.3 Å². The van der Waals surface area contributed by atoms with Gasteiger partial charge in [0.05, 0.1) is 7.14 Å². The van der Waals surface area contributed by atoms with Crippen molar-refractivity contribution in [3.05, 3.63) is 102 Å². The maximum absolute atomic E-state index is 12.5. The second-order valence-corrected chi connectivity index (χ2v) is 9.93. The molecule has 0 bridgehead atoms. The molecule has 0 aromatic heterocycles. The van der Waals surface area contributed by atoms with Gasteiger partial charge in [-0.05, 0) is 99.8 Å². The Labute approximate surface area is 222 Å². The van der Waals surface area contributed by atoms with Gasteiger partial charge >= 0.3 is 0 Å². The summed E-state index contributed by atoms with van der Waals surface area (Å²) in [5.41, 5.74) is 4.43. The van der Waals surface area contributed by atoms with E-state index in [1.165, 1.54) is 11.1 Å². The van der Waals surface area contributed by atoms with Crippen LogP contribution in [0.3, 0.4) is 0 Å². The molecule has 0 heterocycles. The molecule has 0 aliphatic rings. The number of nitrogens with zero attached hydrogens (tertiary/aromatic N) is 1. The molecule has 0 aliphatic heterocycles. The van der Waals surface area contributed by atoms with Crippen LogP contribution in [0.5, 0.6) is 5.75 Å². The van der Waals surface area contributed by atoms with E-state index in [0.29, 0.717) is 13.2 Å². The number of benzene rings is 3. The van der Waals surface area contributed by atoms with E-state index in [0.717, 1.165) is 36.9 Å². The Morgan fingerprint density at radius 3 is 2.39 bits per heavy atom. The monoisotopic (exact) mass is 662 g/mol. The van der Waals surface area contributed by atoms with Crippen LogP contribution < -0.4 is 10.1 Å². The van der Waals surface area contributed by atoms with E-state index in [4.69, 9.17) is 4.74 Å². The third-order valence-electron chi connectivity index (χ3n) is 4.93. The second kappa shape index (κ2) is 12.8. The summed E-state index contributed by atoms with van der Waals surface area (Å²) in [4.78, 5) is 12.5. The number of ether oxygens (including phenoxy) is 1. The molecule has 168 valence electrons. The van der Waals surface area contributed by atoms with Crippen molar-refractivity contribution in [3.63, 3.8) is 0 Å². The Morgan fingerprint density at radius 2 is 1.73 bits per heavy atom. The van der Waals surface area contributed by atoms with E-state index >= 15 is 0 Å². The first-order valence-corrected chi connectivity index (χ1v) is 12.7. The number of hydrogen-bond acceptors (Lipinski definition) is 3. The molecule has 1 amide bonds. The maximum atomic E-state index is 12.5. The molecule has 6 heteroatoms. The van der Waals surface area contributed by atoms with Gasteiger partial charge in [-0.2, -0.15) is 5.26 Å². The molecule has 1 N–H and O–H groups in total. The van der Waals surface area contributed by atoms with Crippen LogP contribution in [-0.2, 0) is 17.8 Å². The van der Waals surface area contributed by atoms with E-state index in [-0.39, 0.29) is 11.5 Å². The zero-order chi connectivity index (χ0) is 23.6. The van der Waals surface area contributed by atoms with Gasteiger partial charge in [0.1, 0.15) is 24.0 Å². The molecule has 3 aromatic rings. The molecule has 33 heavy (non-hydrogen) atoms. The van der Waals surface area contributed by atoms with Gasteiger partial charge in [-0.15, -0.1) is 0 Å². The van der Waals surface area contributed by atoms with Crippen molar-refractivity contribution in [2.24, 2.45) is 0 Å². The number of aryl methyl sites for hydroxylation is 2. The zero-order valence-corrected chi connectivity index (χ0v) is 22.6. The van der Waals surface area contributed by atoms with Crippen molar-refractivity contribution < 1.29 is 9.53 Å². The molecule has 4 nitrogen and oxygen atoms in total. The molecule has 0 spiro atoms. The minimum Gasteiger partial charge on any atom is -0.487 e. The first-order valence-electron chi connectivity index (χ1n) is 10.6. The molecule has 0 unspecified atom stereocenters. The number of nitrogens with one attached hydrogen (secondary N) is 1. The van der Waals surface area contributed by atoms with Crippen LogP contribution in [-0.4, -0.2) is 12.5 Å². The summed E-state index contributed by atoms with van der Waals surface area (Å²) in [5, 5.41) is 12.4. The highest BCUT2D eigenvalue weighted by Gasteiger charge is 2.12. The number of carbonyl (C=O) groups is 1. The van der Waals surface area contributed by atoms with Crippen LogP contribution >= 0.6 is 45.2 Å². The van der Waals surface area contributed by atoms with E-state index in [1.54, 1.807) is 6.08 Å². The summed E-state index contributed by atoms with van der Waals surface area (Å²) in [6.07, 6.45) is 3.32. The Kier molecular flexibility index (Phi) is 9.76. The highest BCUT2D eigenvalue weighted by Crippen LogP contribution is 2.30. The Morgan fingerprint density at radius 1 is 1.03 bits per heavy atom. The van der Waals surface area contributed by atoms with Crippen molar-refractivity contribution in [2.75, 3.05) is 6.54 Å². The largest absolute Gasteiger partial charge is 0.487 e. The number of carbonyl (C=O) groups excluding carboxylic acids is 1. The first-order chi connectivity index (χ1) is 16.0. The van der Waals surface area contributed by atoms with Crippen molar-refractivity contribution in [1.29, 1.82) is 5.26 Å². The quantitative estimate of drug-likeness (QED) is 0.124. The number of amides is 1. The van der Waals surface area contributed by atoms with Crippen LogP contribution in [0.2, 0.25) is 0 Å². The van der Waals surface area contributed by atoms with Crippen LogP contribution in [0.25, 0.3) is 6.08 Å². The zero-order valence-electron chi connectivity index (χ0n) is 18.3. The summed E-state index contributed by atoms with van der Waals surface area (Å²) in [6.45, 7) is 3.07. The van der Waals surface area contributed by atoms with Crippen molar-refractivity contribution in [1.82, 2.24) is 5.32 Å². The van der Waals surface area contributed by atoms with E-state index in [9.17, 15) is 10.1 Å². The number of hydrogen-bond donors (Lipinski definition) is 1. The molecule has 0 fully saturated rings. The lowest BCUT2D eigenvalue weighted by Crippen LogP contribution is -2.25. The van der Waals surface area contributed by atoms with Gasteiger partial charge in [-0.1, -0.05) is 60.2 Å². The third kappa shape index (κ3) is 7.86. The van der Waals surface area contributed by atoms with Crippen LogP contribution in [0.1, 0.15) is 28.7 Å². The summed E-state index contributed by atoms with van der Waals surface area (Å²) < 4.78 is 7.92. The SMILES string of the molecule is Cc1cccc(COc2c(I)cc(/C=C(/C#N)C(=O)NCCCc3ccccc3)cc2I)c1. The minimum absolute atomic E-state index is 0.0924. The third-order valence-corrected chi connectivity index (χ3v) is 6.54. The second-order valence-electron chi connectivity index (χ2n) is 7.61. The molecule has 0 saturated heterocycles. The number of halogens is 2. The fraction of sp³-hybridized carbons (Fsp3) is 0.185. The Bertz CT molecular complexity index is 1160. The molecule has 0 aliphatic carbocycles. The molecule has 3 rings (SSSR count). The number of nitriles is 1. The van der Waals surface area contributed by atoms with Crippen LogP contribution in [0.4, 0.5) is 0 Å². The highest BCUT2D eigenvalue weighted by atomic mass is 127. The Balaban J connectivity index is 1.61. The Hall–Kier alpha value is -2.38. The summed E-state index contributed by atoms with van der Waals surface area (Å²) >= 11 is 4.46. The summed E-state index contributed by atoms with van der Waals surface area (Å²) in [7, 11) is 0. The highest BCUT2D eigenvalue weighted by molar-refractivity contribution is 14.1. The van der Waals surface area contributed by atoms with Gasteiger partial charge < -0.3 is 10.1 Å². The van der Waals surface area contributed by atoms with Gasteiger partial charge in [0.15, 0.2) is 0 Å². The normalized spacial score (nSPS) is 11.0. The molecule has 0 saturated carbocycles. The average molecular weight is 662 g/mol. The van der Waals surface area contributed by atoms with Gasteiger partial charge in [0, 0.05) is 6.54 Å². The fourth-order valence-electron chi connectivity index (χ4n) is 3.31. The van der Waals surface area contributed by atoms with Crippen LogP contribution in [0, 0.1) is 25.4 Å². The van der Waals surface area contributed by atoms with Gasteiger partial charge in [-0.3, -0.25) is 4.79 Å². The molecule has 0 radical (unpaired) electrons. The van der Waals surface area contributed by atoms with Gasteiger partial charge in [-0.25, -0.2) is 0 Å². The maximum Gasteiger partial charge on any atom is 0.261 e.